The molecule has 3 nitrogen and oxygen atoms in total. The predicted octanol–water partition coefficient (Wildman–Crippen LogP) is 3.93. The van der Waals surface area contributed by atoms with Crippen LogP contribution < -0.4 is 4.74 Å². The van der Waals surface area contributed by atoms with Gasteiger partial charge in [-0.3, -0.25) is 4.79 Å². The fraction of sp³-hybridized carbons (Fsp3) is 0.316. The largest absolute Gasteiger partial charge is 0.489 e. The van der Waals surface area contributed by atoms with E-state index in [0.717, 1.165) is 17.7 Å². The predicted molar refractivity (Wildman–Crippen MR) is 84.7 cm³/mol. The van der Waals surface area contributed by atoms with Gasteiger partial charge in [-0.05, 0) is 42.5 Å². The molecular formula is C19H20O3. The maximum atomic E-state index is 11.7. The number of carbonyl (C=O) groups excluding carboxylic acids is 1. The van der Waals surface area contributed by atoms with E-state index in [1.807, 2.05) is 61.5 Å². The molecule has 0 amide bonds. The third kappa shape index (κ3) is 3.48. The van der Waals surface area contributed by atoms with Crippen molar-refractivity contribution < 1.29 is 14.3 Å². The molecule has 1 aliphatic rings. The lowest BCUT2D eigenvalue weighted by atomic mass is 10.1. The summed E-state index contributed by atoms with van der Waals surface area (Å²) >= 11 is 0. The fourth-order valence-corrected chi connectivity index (χ4v) is 2.63. The molecule has 0 heterocycles. The first-order valence-corrected chi connectivity index (χ1v) is 7.71. The standard InChI is InChI=1S/C19H20O3/c1-2-21-19(20)18-12-17(18)15-8-10-16(11-9-15)22-13-14-6-4-3-5-7-14/h3-11,17-18H,2,12-13H2,1H3/t17-,18+/m1/s1. The molecule has 0 spiro atoms. The number of rotatable bonds is 6. The quantitative estimate of drug-likeness (QED) is 0.758. The van der Waals surface area contributed by atoms with Crippen molar-refractivity contribution in [2.75, 3.05) is 6.61 Å². The molecule has 0 N–H and O–H groups in total. The Hall–Kier alpha value is -2.29. The van der Waals surface area contributed by atoms with Crippen molar-refractivity contribution in [3.05, 3.63) is 65.7 Å². The third-order valence-electron chi connectivity index (χ3n) is 3.94. The second kappa shape index (κ2) is 6.65. The zero-order valence-electron chi connectivity index (χ0n) is 12.7. The van der Waals surface area contributed by atoms with Gasteiger partial charge in [0, 0.05) is 0 Å². The minimum absolute atomic E-state index is 0.0380. The average Bonchev–Trinajstić information content (AvgIpc) is 3.35. The molecule has 1 aliphatic carbocycles. The van der Waals surface area contributed by atoms with Gasteiger partial charge in [-0.1, -0.05) is 42.5 Å². The number of esters is 1. The molecule has 22 heavy (non-hydrogen) atoms. The van der Waals surface area contributed by atoms with Crippen LogP contribution in [0.4, 0.5) is 0 Å². The van der Waals surface area contributed by atoms with Gasteiger partial charge >= 0.3 is 5.97 Å². The van der Waals surface area contributed by atoms with Crippen LogP contribution in [-0.4, -0.2) is 12.6 Å². The minimum atomic E-state index is -0.0723. The lowest BCUT2D eigenvalue weighted by molar-refractivity contribution is -0.144. The van der Waals surface area contributed by atoms with Crippen LogP contribution in [0.1, 0.15) is 30.4 Å². The van der Waals surface area contributed by atoms with Gasteiger partial charge in [0.05, 0.1) is 12.5 Å². The van der Waals surface area contributed by atoms with Crippen LogP contribution in [0.2, 0.25) is 0 Å². The van der Waals surface area contributed by atoms with E-state index in [1.54, 1.807) is 0 Å². The fourth-order valence-electron chi connectivity index (χ4n) is 2.63. The zero-order chi connectivity index (χ0) is 15.4. The molecule has 3 rings (SSSR count). The molecule has 2 aromatic rings. The van der Waals surface area contributed by atoms with Crippen molar-refractivity contribution in [2.45, 2.75) is 25.9 Å². The molecule has 0 aromatic heterocycles. The maximum absolute atomic E-state index is 11.7. The first-order valence-electron chi connectivity index (χ1n) is 7.71. The Morgan fingerprint density at radius 2 is 1.82 bits per heavy atom. The van der Waals surface area contributed by atoms with Gasteiger partial charge < -0.3 is 9.47 Å². The molecule has 0 bridgehead atoms. The van der Waals surface area contributed by atoms with Gasteiger partial charge in [-0.15, -0.1) is 0 Å². The highest BCUT2D eigenvalue weighted by atomic mass is 16.5. The number of ether oxygens (including phenoxy) is 2. The van der Waals surface area contributed by atoms with Crippen LogP contribution in [-0.2, 0) is 16.1 Å². The maximum Gasteiger partial charge on any atom is 0.309 e. The van der Waals surface area contributed by atoms with Crippen molar-refractivity contribution in [1.82, 2.24) is 0 Å². The lowest BCUT2D eigenvalue weighted by Crippen LogP contribution is -2.07. The monoisotopic (exact) mass is 296 g/mol. The lowest BCUT2D eigenvalue weighted by Gasteiger charge is -2.07. The summed E-state index contributed by atoms with van der Waals surface area (Å²) in [6.07, 6.45) is 0.892. The van der Waals surface area contributed by atoms with Gasteiger partial charge in [0.15, 0.2) is 0 Å². The van der Waals surface area contributed by atoms with Crippen molar-refractivity contribution >= 4 is 5.97 Å². The van der Waals surface area contributed by atoms with E-state index in [-0.39, 0.29) is 11.9 Å². The molecule has 2 atom stereocenters. The zero-order valence-corrected chi connectivity index (χ0v) is 12.7. The molecule has 1 fully saturated rings. The first-order chi connectivity index (χ1) is 10.8. The molecule has 0 unspecified atom stereocenters. The van der Waals surface area contributed by atoms with E-state index in [0.29, 0.717) is 19.1 Å². The van der Waals surface area contributed by atoms with E-state index in [2.05, 4.69) is 0 Å². The average molecular weight is 296 g/mol. The molecule has 0 saturated heterocycles. The Labute approximate surface area is 130 Å². The van der Waals surface area contributed by atoms with Gasteiger partial charge in [-0.2, -0.15) is 0 Å². The SMILES string of the molecule is CCOC(=O)[C@H]1C[C@@H]1c1ccc(OCc2ccccc2)cc1. The van der Waals surface area contributed by atoms with Crippen molar-refractivity contribution in [3.8, 4) is 5.75 Å². The molecule has 114 valence electrons. The van der Waals surface area contributed by atoms with Crippen LogP contribution in [0.15, 0.2) is 54.6 Å². The molecule has 3 heteroatoms. The minimum Gasteiger partial charge on any atom is -0.489 e. The number of carbonyl (C=O) groups is 1. The summed E-state index contributed by atoms with van der Waals surface area (Å²) in [5, 5.41) is 0. The molecule has 0 aliphatic heterocycles. The molecular weight excluding hydrogens is 276 g/mol. The molecule has 1 saturated carbocycles. The van der Waals surface area contributed by atoms with Crippen LogP contribution >= 0.6 is 0 Å². The van der Waals surface area contributed by atoms with Crippen molar-refractivity contribution in [3.63, 3.8) is 0 Å². The van der Waals surface area contributed by atoms with Crippen LogP contribution in [0, 0.1) is 5.92 Å². The first kappa shape index (κ1) is 14.6. The summed E-state index contributed by atoms with van der Waals surface area (Å²) in [6.45, 7) is 2.86. The summed E-state index contributed by atoms with van der Waals surface area (Å²) in [7, 11) is 0. The van der Waals surface area contributed by atoms with Crippen molar-refractivity contribution in [1.29, 1.82) is 0 Å². The summed E-state index contributed by atoms with van der Waals surface area (Å²) in [5.74, 6) is 1.12. The van der Waals surface area contributed by atoms with Crippen LogP contribution in [0.3, 0.4) is 0 Å². The van der Waals surface area contributed by atoms with Gasteiger partial charge in [-0.25, -0.2) is 0 Å². The highest BCUT2D eigenvalue weighted by molar-refractivity contribution is 5.77. The highest BCUT2D eigenvalue weighted by Crippen LogP contribution is 2.48. The van der Waals surface area contributed by atoms with E-state index in [4.69, 9.17) is 9.47 Å². The Bertz CT molecular complexity index is 619. The number of hydrogen-bond acceptors (Lipinski definition) is 3. The summed E-state index contributed by atoms with van der Waals surface area (Å²) in [5.41, 5.74) is 2.33. The van der Waals surface area contributed by atoms with Gasteiger partial charge in [0.2, 0.25) is 0 Å². The van der Waals surface area contributed by atoms with E-state index < -0.39 is 0 Å². The smallest absolute Gasteiger partial charge is 0.309 e. The Morgan fingerprint density at radius 3 is 2.50 bits per heavy atom. The second-order valence-corrected chi connectivity index (χ2v) is 5.54. The summed E-state index contributed by atoms with van der Waals surface area (Å²) in [6, 6.07) is 18.1. The molecule has 2 aromatic carbocycles. The Kier molecular flexibility index (Phi) is 4.42. The highest BCUT2D eigenvalue weighted by Gasteiger charge is 2.45. The van der Waals surface area contributed by atoms with Crippen molar-refractivity contribution in [2.24, 2.45) is 5.92 Å². The summed E-state index contributed by atoms with van der Waals surface area (Å²) < 4.78 is 10.8. The normalized spacial score (nSPS) is 19.5. The number of hydrogen-bond donors (Lipinski definition) is 0. The Morgan fingerprint density at radius 1 is 1.09 bits per heavy atom. The second-order valence-electron chi connectivity index (χ2n) is 5.54. The summed E-state index contributed by atoms with van der Waals surface area (Å²) in [4.78, 5) is 11.7. The Balaban J connectivity index is 1.54. The molecule has 0 radical (unpaired) electrons. The third-order valence-corrected chi connectivity index (χ3v) is 3.94. The topological polar surface area (TPSA) is 35.5 Å². The van der Waals surface area contributed by atoms with Crippen LogP contribution in [0.25, 0.3) is 0 Å². The van der Waals surface area contributed by atoms with Gasteiger partial charge in [0.25, 0.3) is 0 Å². The van der Waals surface area contributed by atoms with E-state index in [1.165, 1.54) is 5.56 Å². The van der Waals surface area contributed by atoms with Gasteiger partial charge in [0.1, 0.15) is 12.4 Å². The van der Waals surface area contributed by atoms with Crippen LogP contribution in [0.5, 0.6) is 5.75 Å². The van der Waals surface area contributed by atoms with E-state index >= 15 is 0 Å². The number of benzene rings is 2. The van der Waals surface area contributed by atoms with E-state index in [9.17, 15) is 4.79 Å².